The largest absolute Gasteiger partial charge is 0.489 e. The number of hydrogen-bond acceptors (Lipinski definition) is 6. The van der Waals surface area contributed by atoms with Crippen LogP contribution in [0.4, 0.5) is 17.3 Å². The van der Waals surface area contributed by atoms with Gasteiger partial charge in [0.05, 0.1) is 11.8 Å². The van der Waals surface area contributed by atoms with E-state index in [-0.39, 0.29) is 18.6 Å². The lowest BCUT2D eigenvalue weighted by atomic mass is 10.3. The fraction of sp³-hybridized carbons (Fsp3) is 0.190. The molecule has 0 saturated heterocycles. The molecule has 0 aliphatic rings. The molecule has 2 aromatic carbocycles. The Balaban J connectivity index is 1.56. The Hall–Kier alpha value is -3.61. The number of ether oxygens (including phenoxy) is 2. The molecule has 0 bridgehead atoms. The highest BCUT2D eigenvalue weighted by Crippen LogP contribution is 2.27. The van der Waals surface area contributed by atoms with Crippen molar-refractivity contribution in [1.29, 1.82) is 0 Å². The average Bonchev–Trinajstić information content (AvgIpc) is 2.70. The predicted octanol–water partition coefficient (Wildman–Crippen LogP) is 4.02. The normalized spacial score (nSPS) is 10.4. The summed E-state index contributed by atoms with van der Waals surface area (Å²) in [6, 6.07) is 20.1. The van der Waals surface area contributed by atoms with Gasteiger partial charge in [0, 0.05) is 0 Å². The first kappa shape index (κ1) is 19.2. The Morgan fingerprint density at radius 2 is 1.61 bits per heavy atom. The van der Waals surface area contributed by atoms with Gasteiger partial charge in [-0.1, -0.05) is 30.3 Å². The first-order chi connectivity index (χ1) is 13.6. The van der Waals surface area contributed by atoms with Crippen LogP contribution in [0.5, 0.6) is 11.5 Å². The highest BCUT2D eigenvalue weighted by Gasteiger charge is 2.08. The minimum atomic E-state index is -0.311. The van der Waals surface area contributed by atoms with Gasteiger partial charge in [-0.05, 0) is 50.2 Å². The topological polar surface area (TPSA) is 85.4 Å². The van der Waals surface area contributed by atoms with Gasteiger partial charge < -0.3 is 20.1 Å². The standard InChI is InChI=1S/C21H22N4O3/c1-15(2)28-18-11-7-6-10-17(18)22-19-12-13-20(25-24-19)23-21(26)14-27-16-8-4-3-5-9-16/h3-13,15H,14H2,1-2H3,(H,22,24)(H,23,25,26). The van der Waals surface area contributed by atoms with E-state index in [1.165, 1.54) is 0 Å². The molecular formula is C21H22N4O3. The van der Waals surface area contributed by atoms with E-state index in [4.69, 9.17) is 9.47 Å². The summed E-state index contributed by atoms with van der Waals surface area (Å²) in [4.78, 5) is 12.0. The van der Waals surface area contributed by atoms with Crippen molar-refractivity contribution in [2.75, 3.05) is 17.2 Å². The molecule has 0 aliphatic carbocycles. The second-order valence-electron chi connectivity index (χ2n) is 6.24. The summed E-state index contributed by atoms with van der Waals surface area (Å²) in [5, 5.41) is 13.9. The fourth-order valence-electron chi connectivity index (χ4n) is 2.37. The van der Waals surface area contributed by atoms with Gasteiger partial charge >= 0.3 is 0 Å². The molecule has 28 heavy (non-hydrogen) atoms. The first-order valence-corrected chi connectivity index (χ1v) is 8.94. The number of carbonyl (C=O) groups excluding carboxylic acids is 1. The molecule has 0 spiro atoms. The van der Waals surface area contributed by atoms with Gasteiger partial charge in [0.2, 0.25) is 0 Å². The van der Waals surface area contributed by atoms with Gasteiger partial charge in [0.25, 0.3) is 5.91 Å². The Kier molecular flexibility index (Phi) is 6.41. The number of nitrogens with zero attached hydrogens (tertiary/aromatic N) is 2. The number of para-hydroxylation sites is 3. The molecule has 0 unspecified atom stereocenters. The molecule has 1 heterocycles. The maximum absolute atomic E-state index is 12.0. The van der Waals surface area contributed by atoms with Crippen LogP contribution in [0.3, 0.4) is 0 Å². The van der Waals surface area contributed by atoms with Crippen molar-refractivity contribution >= 4 is 23.2 Å². The Morgan fingerprint density at radius 1 is 0.929 bits per heavy atom. The maximum Gasteiger partial charge on any atom is 0.263 e. The summed E-state index contributed by atoms with van der Waals surface area (Å²) in [6.07, 6.45) is 0.0599. The first-order valence-electron chi connectivity index (χ1n) is 8.94. The monoisotopic (exact) mass is 378 g/mol. The summed E-state index contributed by atoms with van der Waals surface area (Å²) in [5.74, 6) is 1.94. The number of nitrogens with one attached hydrogen (secondary N) is 2. The van der Waals surface area contributed by atoms with Gasteiger partial charge in [0.1, 0.15) is 11.5 Å². The summed E-state index contributed by atoms with van der Waals surface area (Å²) in [5.41, 5.74) is 0.790. The number of hydrogen-bond donors (Lipinski definition) is 2. The van der Waals surface area contributed by atoms with Crippen LogP contribution < -0.4 is 20.1 Å². The summed E-state index contributed by atoms with van der Waals surface area (Å²) >= 11 is 0. The fourth-order valence-corrected chi connectivity index (χ4v) is 2.37. The highest BCUT2D eigenvalue weighted by molar-refractivity contribution is 5.90. The third-order valence-corrected chi connectivity index (χ3v) is 3.56. The van der Waals surface area contributed by atoms with Crippen LogP contribution in [0.2, 0.25) is 0 Å². The van der Waals surface area contributed by atoms with Crippen molar-refractivity contribution in [1.82, 2.24) is 10.2 Å². The second kappa shape index (κ2) is 9.36. The van der Waals surface area contributed by atoms with Crippen molar-refractivity contribution in [3.05, 3.63) is 66.7 Å². The number of benzene rings is 2. The zero-order valence-corrected chi connectivity index (χ0v) is 15.8. The molecular weight excluding hydrogens is 356 g/mol. The van der Waals surface area contributed by atoms with E-state index in [1.807, 2.05) is 56.3 Å². The van der Waals surface area contributed by atoms with E-state index in [1.54, 1.807) is 24.3 Å². The Labute approximate surface area is 163 Å². The lowest BCUT2D eigenvalue weighted by molar-refractivity contribution is -0.118. The van der Waals surface area contributed by atoms with E-state index in [2.05, 4.69) is 20.8 Å². The van der Waals surface area contributed by atoms with Crippen LogP contribution in [0.15, 0.2) is 66.7 Å². The maximum atomic E-state index is 12.0. The van der Waals surface area contributed by atoms with Crippen molar-refractivity contribution in [2.45, 2.75) is 20.0 Å². The van der Waals surface area contributed by atoms with E-state index < -0.39 is 0 Å². The molecule has 3 aromatic rings. The van der Waals surface area contributed by atoms with Gasteiger partial charge in [-0.15, -0.1) is 10.2 Å². The highest BCUT2D eigenvalue weighted by atomic mass is 16.5. The van der Waals surface area contributed by atoms with Gasteiger partial charge in [-0.3, -0.25) is 4.79 Å². The molecule has 0 atom stereocenters. The van der Waals surface area contributed by atoms with Crippen LogP contribution in [0.1, 0.15) is 13.8 Å². The summed E-state index contributed by atoms with van der Waals surface area (Å²) in [7, 11) is 0. The molecule has 144 valence electrons. The Morgan fingerprint density at radius 3 is 2.32 bits per heavy atom. The molecule has 7 nitrogen and oxygen atoms in total. The molecule has 3 rings (SSSR count). The van der Waals surface area contributed by atoms with Crippen LogP contribution in [-0.4, -0.2) is 28.8 Å². The molecule has 0 radical (unpaired) electrons. The lowest BCUT2D eigenvalue weighted by Crippen LogP contribution is -2.21. The Bertz CT molecular complexity index is 899. The molecule has 0 fully saturated rings. The minimum absolute atomic E-state index is 0.0599. The molecule has 0 saturated carbocycles. The molecule has 7 heteroatoms. The third-order valence-electron chi connectivity index (χ3n) is 3.56. The van der Waals surface area contributed by atoms with Gasteiger partial charge in [-0.2, -0.15) is 0 Å². The van der Waals surface area contributed by atoms with Crippen LogP contribution in [0.25, 0.3) is 0 Å². The molecule has 1 aromatic heterocycles. The van der Waals surface area contributed by atoms with Crippen LogP contribution in [-0.2, 0) is 4.79 Å². The van der Waals surface area contributed by atoms with Crippen LogP contribution in [0, 0.1) is 0 Å². The van der Waals surface area contributed by atoms with E-state index >= 15 is 0 Å². The van der Waals surface area contributed by atoms with Gasteiger partial charge in [-0.25, -0.2) is 0 Å². The van der Waals surface area contributed by atoms with Crippen molar-refractivity contribution in [3.63, 3.8) is 0 Å². The van der Waals surface area contributed by atoms with Crippen molar-refractivity contribution in [3.8, 4) is 11.5 Å². The molecule has 0 aliphatic heterocycles. The van der Waals surface area contributed by atoms with Crippen molar-refractivity contribution in [2.24, 2.45) is 0 Å². The number of anilines is 3. The molecule has 2 N–H and O–H groups in total. The summed E-state index contributed by atoms with van der Waals surface area (Å²) < 4.78 is 11.2. The van der Waals surface area contributed by atoms with Crippen LogP contribution >= 0.6 is 0 Å². The minimum Gasteiger partial charge on any atom is -0.489 e. The number of carbonyl (C=O) groups is 1. The lowest BCUT2D eigenvalue weighted by Gasteiger charge is -2.15. The van der Waals surface area contributed by atoms with Crippen molar-refractivity contribution < 1.29 is 14.3 Å². The average molecular weight is 378 g/mol. The van der Waals surface area contributed by atoms with Gasteiger partial charge in [0.15, 0.2) is 18.2 Å². The third kappa shape index (κ3) is 5.70. The van der Waals surface area contributed by atoms with E-state index in [0.717, 1.165) is 11.4 Å². The predicted molar refractivity (Wildman–Crippen MR) is 108 cm³/mol. The van der Waals surface area contributed by atoms with E-state index in [9.17, 15) is 4.79 Å². The number of aromatic nitrogens is 2. The zero-order chi connectivity index (χ0) is 19.8. The SMILES string of the molecule is CC(C)Oc1ccccc1Nc1ccc(NC(=O)COc2ccccc2)nn1. The summed E-state index contributed by atoms with van der Waals surface area (Å²) in [6.45, 7) is 3.83. The number of rotatable bonds is 8. The quantitative estimate of drug-likeness (QED) is 0.616. The molecule has 1 amide bonds. The second-order valence-corrected chi connectivity index (χ2v) is 6.24. The van der Waals surface area contributed by atoms with E-state index in [0.29, 0.717) is 17.4 Å². The zero-order valence-electron chi connectivity index (χ0n) is 15.8. The number of amides is 1. The smallest absolute Gasteiger partial charge is 0.263 e.